The highest BCUT2D eigenvalue weighted by atomic mass is 32.2. The molecule has 0 spiro atoms. The second-order valence-electron chi connectivity index (χ2n) is 6.36. The molecule has 10 heteroatoms. The second kappa shape index (κ2) is 7.04. The van der Waals surface area contributed by atoms with Crippen LogP contribution in [0.2, 0.25) is 0 Å². The summed E-state index contributed by atoms with van der Waals surface area (Å²) in [6.07, 6.45) is 1.62. The van der Waals surface area contributed by atoms with E-state index in [-0.39, 0.29) is 15.5 Å². The number of hydrogen-bond donors (Lipinski definition) is 2. The van der Waals surface area contributed by atoms with E-state index in [0.29, 0.717) is 36.4 Å². The molecule has 1 saturated heterocycles. The predicted molar refractivity (Wildman–Crippen MR) is 108 cm³/mol. The molecule has 1 fully saturated rings. The van der Waals surface area contributed by atoms with Crippen molar-refractivity contribution in [3.63, 3.8) is 0 Å². The summed E-state index contributed by atoms with van der Waals surface area (Å²) < 4.78 is 27.0. The maximum Gasteiger partial charge on any atom is 0.348 e. The maximum absolute atomic E-state index is 12.8. The van der Waals surface area contributed by atoms with Gasteiger partial charge < -0.3 is 15.7 Å². The number of aromatic nitrogens is 1. The number of fused-ring (bicyclic) bond motifs is 1. The molecule has 4 rings (SSSR count). The molecule has 0 bridgehead atoms. The molecule has 0 atom stereocenters. The van der Waals surface area contributed by atoms with E-state index in [2.05, 4.69) is 4.98 Å². The van der Waals surface area contributed by atoms with Crippen LogP contribution < -0.4 is 10.6 Å². The number of piperazine rings is 1. The van der Waals surface area contributed by atoms with Gasteiger partial charge in [-0.2, -0.15) is 4.31 Å². The van der Waals surface area contributed by atoms with Crippen molar-refractivity contribution in [1.29, 1.82) is 0 Å². The van der Waals surface area contributed by atoms with Crippen LogP contribution >= 0.6 is 11.3 Å². The number of benzene rings is 1. The number of rotatable bonds is 4. The monoisotopic (exact) mass is 418 g/mol. The summed E-state index contributed by atoms with van der Waals surface area (Å²) in [5, 5.41) is 9.93. The molecule has 0 amide bonds. The lowest BCUT2D eigenvalue weighted by Crippen LogP contribution is -2.48. The Balaban J connectivity index is 1.60. The van der Waals surface area contributed by atoms with E-state index in [1.807, 2.05) is 4.90 Å². The Kier molecular flexibility index (Phi) is 4.69. The van der Waals surface area contributed by atoms with Gasteiger partial charge in [-0.15, -0.1) is 11.3 Å². The molecule has 28 heavy (non-hydrogen) atoms. The number of carboxylic acid groups (broad SMARTS) is 1. The Morgan fingerprint density at radius 1 is 1.11 bits per heavy atom. The van der Waals surface area contributed by atoms with E-state index >= 15 is 0 Å². The number of nitrogens with two attached hydrogens (primary N) is 1. The molecule has 3 heterocycles. The van der Waals surface area contributed by atoms with Crippen molar-refractivity contribution >= 4 is 48.9 Å². The van der Waals surface area contributed by atoms with Crippen molar-refractivity contribution < 1.29 is 18.3 Å². The Labute approximate surface area is 165 Å². The van der Waals surface area contributed by atoms with Crippen LogP contribution in [0.3, 0.4) is 0 Å². The molecule has 0 unspecified atom stereocenters. The lowest BCUT2D eigenvalue weighted by molar-refractivity contribution is 0.0703. The number of anilines is 2. The van der Waals surface area contributed by atoms with Crippen LogP contribution in [0.1, 0.15) is 9.67 Å². The maximum atomic E-state index is 12.8. The summed E-state index contributed by atoms with van der Waals surface area (Å²) in [7, 11) is -3.53. The predicted octanol–water partition coefficient (Wildman–Crippen LogP) is 2.09. The Bertz CT molecular complexity index is 1140. The van der Waals surface area contributed by atoms with Crippen molar-refractivity contribution in [1.82, 2.24) is 9.29 Å². The van der Waals surface area contributed by atoms with Crippen molar-refractivity contribution in [2.45, 2.75) is 4.90 Å². The van der Waals surface area contributed by atoms with Crippen LogP contribution in [0.5, 0.6) is 0 Å². The van der Waals surface area contributed by atoms with Crippen molar-refractivity contribution in [3.8, 4) is 0 Å². The highest BCUT2D eigenvalue weighted by Crippen LogP contribution is 2.39. The Hall–Kier alpha value is -2.69. The smallest absolute Gasteiger partial charge is 0.348 e. The van der Waals surface area contributed by atoms with Gasteiger partial charge in [-0.3, -0.25) is 0 Å². The van der Waals surface area contributed by atoms with Crippen LogP contribution in [0.4, 0.5) is 11.4 Å². The number of nitrogens with zero attached hydrogens (tertiary/aromatic N) is 3. The van der Waals surface area contributed by atoms with Crippen LogP contribution in [-0.4, -0.2) is 55.0 Å². The van der Waals surface area contributed by atoms with Gasteiger partial charge in [0, 0.05) is 32.4 Å². The molecule has 3 aromatic rings. The van der Waals surface area contributed by atoms with Gasteiger partial charge in [0.2, 0.25) is 10.0 Å². The molecule has 3 N–H and O–H groups in total. The second-order valence-corrected chi connectivity index (χ2v) is 9.30. The summed E-state index contributed by atoms with van der Waals surface area (Å²) in [6, 6.07) is 10.2. The molecular formula is C18H18N4O4S2. The largest absolute Gasteiger partial charge is 0.477 e. The van der Waals surface area contributed by atoms with Crippen molar-refractivity contribution in [2.24, 2.45) is 0 Å². The van der Waals surface area contributed by atoms with Gasteiger partial charge in [-0.05, 0) is 18.2 Å². The first-order valence-electron chi connectivity index (χ1n) is 8.60. The topological polar surface area (TPSA) is 117 Å². The number of carboxylic acids is 1. The average molecular weight is 419 g/mol. The van der Waals surface area contributed by atoms with Gasteiger partial charge in [0.15, 0.2) is 0 Å². The number of aromatic carboxylic acids is 1. The number of carbonyl (C=O) groups is 1. The molecule has 8 nitrogen and oxygen atoms in total. The van der Waals surface area contributed by atoms with Gasteiger partial charge in [-0.1, -0.05) is 18.2 Å². The first kappa shape index (κ1) is 18.7. The summed E-state index contributed by atoms with van der Waals surface area (Å²) in [5.41, 5.74) is 7.06. The standard InChI is InChI=1S/C18H18N4O4S2/c19-15-14-13(6-7-20-17(14)27-16(15)18(23)24)21-8-10-22(11-9-21)28(25,26)12-4-2-1-3-5-12/h1-7H,8-11,19H2,(H,23,24). The Morgan fingerprint density at radius 2 is 1.79 bits per heavy atom. The zero-order valence-corrected chi connectivity index (χ0v) is 16.4. The van der Waals surface area contributed by atoms with Gasteiger partial charge in [0.1, 0.15) is 9.71 Å². The third kappa shape index (κ3) is 3.09. The summed E-state index contributed by atoms with van der Waals surface area (Å²) >= 11 is 1.04. The molecular weight excluding hydrogens is 400 g/mol. The summed E-state index contributed by atoms with van der Waals surface area (Å²) in [5.74, 6) is -1.08. The van der Waals surface area contributed by atoms with Gasteiger partial charge in [0.05, 0.1) is 21.7 Å². The molecule has 1 aliphatic heterocycles. The molecule has 0 radical (unpaired) electrons. The third-order valence-corrected chi connectivity index (χ3v) is 7.78. The fraction of sp³-hybridized carbons (Fsp3) is 0.222. The van der Waals surface area contributed by atoms with Gasteiger partial charge >= 0.3 is 5.97 Å². The third-order valence-electron chi connectivity index (χ3n) is 4.76. The van der Waals surface area contributed by atoms with Crippen molar-refractivity contribution in [2.75, 3.05) is 36.8 Å². The van der Waals surface area contributed by atoms with E-state index in [0.717, 1.165) is 17.0 Å². The fourth-order valence-electron chi connectivity index (χ4n) is 3.36. The van der Waals surface area contributed by atoms with Gasteiger partial charge in [-0.25, -0.2) is 18.2 Å². The minimum atomic E-state index is -3.53. The first-order chi connectivity index (χ1) is 13.4. The van der Waals surface area contributed by atoms with E-state index in [1.165, 1.54) is 4.31 Å². The van der Waals surface area contributed by atoms with Crippen LogP contribution in [0, 0.1) is 0 Å². The number of hydrogen-bond acceptors (Lipinski definition) is 7. The fourth-order valence-corrected chi connectivity index (χ4v) is 5.73. The zero-order chi connectivity index (χ0) is 19.9. The normalized spacial score (nSPS) is 15.8. The molecule has 1 aliphatic rings. The van der Waals surface area contributed by atoms with Crippen LogP contribution in [0.15, 0.2) is 47.5 Å². The highest BCUT2D eigenvalue weighted by Gasteiger charge is 2.30. The number of pyridine rings is 1. The highest BCUT2D eigenvalue weighted by molar-refractivity contribution is 7.89. The lowest BCUT2D eigenvalue weighted by Gasteiger charge is -2.35. The molecule has 2 aromatic heterocycles. The van der Waals surface area contributed by atoms with Gasteiger partial charge in [0.25, 0.3) is 0 Å². The van der Waals surface area contributed by atoms with E-state index in [4.69, 9.17) is 5.73 Å². The minimum Gasteiger partial charge on any atom is -0.477 e. The van der Waals surface area contributed by atoms with Crippen molar-refractivity contribution in [3.05, 3.63) is 47.5 Å². The molecule has 1 aromatic carbocycles. The van der Waals surface area contributed by atoms with E-state index in [1.54, 1.807) is 42.6 Å². The molecule has 146 valence electrons. The van der Waals surface area contributed by atoms with Crippen LogP contribution in [0.25, 0.3) is 10.2 Å². The quantitative estimate of drug-likeness (QED) is 0.666. The summed E-state index contributed by atoms with van der Waals surface area (Å²) in [4.78, 5) is 18.6. The molecule has 0 aliphatic carbocycles. The number of nitrogen functional groups attached to an aromatic ring is 1. The Morgan fingerprint density at radius 3 is 2.43 bits per heavy atom. The lowest BCUT2D eigenvalue weighted by atomic mass is 10.2. The first-order valence-corrected chi connectivity index (χ1v) is 10.9. The minimum absolute atomic E-state index is 0.0697. The van der Waals surface area contributed by atoms with Crippen LogP contribution in [-0.2, 0) is 10.0 Å². The summed E-state index contributed by atoms with van der Waals surface area (Å²) in [6.45, 7) is 1.61. The zero-order valence-electron chi connectivity index (χ0n) is 14.8. The SMILES string of the molecule is Nc1c(C(=O)O)sc2nccc(N3CCN(S(=O)(=O)c4ccccc4)CC3)c12. The average Bonchev–Trinajstić information content (AvgIpc) is 3.06. The van der Waals surface area contributed by atoms with E-state index in [9.17, 15) is 18.3 Å². The number of sulfonamides is 1. The molecule has 0 saturated carbocycles. The van der Waals surface area contributed by atoms with E-state index < -0.39 is 16.0 Å². The number of thiophene rings is 1.